The van der Waals surface area contributed by atoms with E-state index in [1.54, 1.807) is 45.0 Å². The molecule has 0 aliphatic carbocycles. The maximum Gasteiger partial charge on any atom is 0.371 e. The summed E-state index contributed by atoms with van der Waals surface area (Å²) < 4.78 is 10.6. The lowest BCUT2D eigenvalue weighted by atomic mass is 10.2. The summed E-state index contributed by atoms with van der Waals surface area (Å²) in [5, 5.41) is 0. The Morgan fingerprint density at radius 2 is 1.79 bits per heavy atom. The Bertz CT molecular complexity index is 448. The number of hydrogen-bond acceptors (Lipinski definition) is 4. The first-order valence-corrected chi connectivity index (χ1v) is 5.81. The zero-order chi connectivity index (χ0) is 14.5. The quantitative estimate of drug-likeness (QED) is 0.480. The van der Waals surface area contributed by atoms with Gasteiger partial charge in [0.1, 0.15) is 11.4 Å². The van der Waals surface area contributed by atoms with Crippen molar-refractivity contribution in [2.24, 2.45) is 16.5 Å². The van der Waals surface area contributed by atoms with E-state index in [9.17, 15) is 4.79 Å². The Morgan fingerprint density at radius 1 is 1.21 bits per heavy atom. The predicted octanol–water partition coefficient (Wildman–Crippen LogP) is 1.01. The van der Waals surface area contributed by atoms with Crippen molar-refractivity contribution >= 4 is 11.9 Å². The number of ether oxygens (including phenoxy) is 2. The maximum absolute atomic E-state index is 11.9. The van der Waals surface area contributed by atoms with Gasteiger partial charge < -0.3 is 20.9 Å². The standard InChI is InChI=1S/C13H19N3O3/c1-13(2,3)19-11(17)10(16-12(14)15)18-9-7-5-4-6-8-9/h4-8,10H,1-3H3,(H4,14,15,16). The number of carbonyl (C=O) groups is 1. The first-order chi connectivity index (χ1) is 8.78. The Balaban J connectivity index is 2.84. The van der Waals surface area contributed by atoms with Crippen LogP contribution in [0.2, 0.25) is 0 Å². The van der Waals surface area contributed by atoms with Crippen molar-refractivity contribution in [3.63, 3.8) is 0 Å². The van der Waals surface area contributed by atoms with Gasteiger partial charge in [-0.15, -0.1) is 0 Å². The number of guanidine groups is 1. The van der Waals surface area contributed by atoms with Crippen LogP contribution in [-0.2, 0) is 9.53 Å². The van der Waals surface area contributed by atoms with Gasteiger partial charge in [-0.05, 0) is 32.9 Å². The van der Waals surface area contributed by atoms with E-state index < -0.39 is 17.8 Å². The van der Waals surface area contributed by atoms with E-state index in [4.69, 9.17) is 20.9 Å². The van der Waals surface area contributed by atoms with E-state index in [2.05, 4.69) is 4.99 Å². The lowest BCUT2D eigenvalue weighted by Crippen LogP contribution is -2.37. The molecule has 4 N–H and O–H groups in total. The minimum Gasteiger partial charge on any atom is -0.457 e. The molecule has 0 aromatic heterocycles. The highest BCUT2D eigenvalue weighted by Gasteiger charge is 2.26. The summed E-state index contributed by atoms with van der Waals surface area (Å²) >= 11 is 0. The van der Waals surface area contributed by atoms with Crippen molar-refractivity contribution in [3.8, 4) is 5.75 Å². The molecule has 19 heavy (non-hydrogen) atoms. The third-order valence-corrected chi connectivity index (χ3v) is 1.87. The van der Waals surface area contributed by atoms with Crippen LogP contribution in [0.3, 0.4) is 0 Å². The second kappa shape index (κ2) is 6.08. The van der Waals surface area contributed by atoms with Crippen LogP contribution < -0.4 is 16.2 Å². The highest BCUT2D eigenvalue weighted by atomic mass is 16.6. The summed E-state index contributed by atoms with van der Waals surface area (Å²) in [7, 11) is 0. The van der Waals surface area contributed by atoms with Gasteiger partial charge in [0.05, 0.1) is 0 Å². The number of nitrogens with zero attached hydrogens (tertiary/aromatic N) is 1. The molecule has 104 valence electrons. The van der Waals surface area contributed by atoms with E-state index in [0.29, 0.717) is 5.75 Å². The SMILES string of the molecule is CC(C)(C)OC(=O)C(N=C(N)N)Oc1ccccc1. The van der Waals surface area contributed by atoms with Gasteiger partial charge in [-0.2, -0.15) is 4.99 Å². The summed E-state index contributed by atoms with van der Waals surface area (Å²) in [6.07, 6.45) is -1.22. The molecule has 1 unspecified atom stereocenters. The van der Waals surface area contributed by atoms with Gasteiger partial charge in [-0.1, -0.05) is 18.2 Å². The number of aliphatic imine (C=N–C) groups is 1. The summed E-state index contributed by atoms with van der Waals surface area (Å²) in [5.41, 5.74) is 9.93. The van der Waals surface area contributed by atoms with Gasteiger partial charge in [-0.25, -0.2) is 4.79 Å². The largest absolute Gasteiger partial charge is 0.457 e. The van der Waals surface area contributed by atoms with Crippen molar-refractivity contribution in [1.82, 2.24) is 0 Å². The molecule has 6 nitrogen and oxygen atoms in total. The van der Waals surface area contributed by atoms with Crippen LogP contribution in [-0.4, -0.2) is 23.8 Å². The highest BCUT2D eigenvalue weighted by Crippen LogP contribution is 2.15. The molecule has 0 spiro atoms. The molecule has 1 aromatic rings. The zero-order valence-corrected chi connectivity index (χ0v) is 11.3. The van der Waals surface area contributed by atoms with Crippen LogP contribution >= 0.6 is 0 Å². The predicted molar refractivity (Wildman–Crippen MR) is 72.5 cm³/mol. The molecule has 0 saturated carbocycles. The number of para-hydroxylation sites is 1. The molecule has 1 rings (SSSR count). The van der Waals surface area contributed by atoms with Gasteiger partial charge in [0.2, 0.25) is 0 Å². The number of rotatable bonds is 4. The summed E-state index contributed by atoms with van der Waals surface area (Å²) in [6, 6.07) is 8.77. The second-order valence-electron chi connectivity index (χ2n) is 4.87. The molecular formula is C13H19N3O3. The molecule has 0 bridgehead atoms. The molecule has 0 aliphatic heterocycles. The number of benzene rings is 1. The zero-order valence-electron chi connectivity index (χ0n) is 11.3. The maximum atomic E-state index is 11.9. The van der Waals surface area contributed by atoms with E-state index in [1.165, 1.54) is 0 Å². The van der Waals surface area contributed by atoms with Gasteiger partial charge in [0.25, 0.3) is 6.23 Å². The van der Waals surface area contributed by atoms with E-state index in [0.717, 1.165) is 0 Å². The molecular weight excluding hydrogens is 246 g/mol. The number of esters is 1. The molecule has 1 atom stereocenters. The molecule has 0 radical (unpaired) electrons. The summed E-state index contributed by atoms with van der Waals surface area (Å²) in [6.45, 7) is 5.25. The third kappa shape index (κ3) is 5.76. The van der Waals surface area contributed by atoms with Gasteiger partial charge >= 0.3 is 5.97 Å². The lowest BCUT2D eigenvalue weighted by Gasteiger charge is -2.22. The molecule has 6 heteroatoms. The molecule has 0 saturated heterocycles. The van der Waals surface area contributed by atoms with Gasteiger partial charge in [0.15, 0.2) is 5.96 Å². The topological polar surface area (TPSA) is 99.9 Å². The van der Waals surface area contributed by atoms with Crippen molar-refractivity contribution in [3.05, 3.63) is 30.3 Å². The molecule has 1 aromatic carbocycles. The average Bonchev–Trinajstić information content (AvgIpc) is 2.26. The molecule has 0 amide bonds. The van der Waals surface area contributed by atoms with Crippen LogP contribution in [0, 0.1) is 0 Å². The van der Waals surface area contributed by atoms with E-state index >= 15 is 0 Å². The fourth-order valence-electron chi connectivity index (χ4n) is 1.24. The van der Waals surface area contributed by atoms with Crippen molar-refractivity contribution in [1.29, 1.82) is 0 Å². The van der Waals surface area contributed by atoms with Crippen molar-refractivity contribution in [2.45, 2.75) is 32.6 Å². The smallest absolute Gasteiger partial charge is 0.371 e. The number of hydrogen-bond donors (Lipinski definition) is 2. The minimum atomic E-state index is -1.22. The molecule has 0 fully saturated rings. The van der Waals surface area contributed by atoms with Crippen LogP contribution in [0.25, 0.3) is 0 Å². The van der Waals surface area contributed by atoms with Crippen LogP contribution in [0.5, 0.6) is 5.75 Å². The fourth-order valence-corrected chi connectivity index (χ4v) is 1.24. The average molecular weight is 265 g/mol. The summed E-state index contributed by atoms with van der Waals surface area (Å²) in [5.74, 6) is -0.417. The number of nitrogens with two attached hydrogens (primary N) is 2. The first kappa shape index (κ1) is 14.8. The molecule has 0 heterocycles. The normalized spacial score (nSPS) is 12.4. The van der Waals surface area contributed by atoms with Crippen LogP contribution in [0.1, 0.15) is 20.8 Å². The van der Waals surface area contributed by atoms with Crippen molar-refractivity contribution < 1.29 is 14.3 Å². The lowest BCUT2D eigenvalue weighted by molar-refractivity contribution is -0.163. The first-order valence-electron chi connectivity index (χ1n) is 5.81. The Kier molecular flexibility index (Phi) is 4.74. The number of carbonyl (C=O) groups excluding carboxylic acids is 1. The second-order valence-corrected chi connectivity index (χ2v) is 4.87. The Hall–Kier alpha value is -2.24. The van der Waals surface area contributed by atoms with Crippen LogP contribution in [0.15, 0.2) is 35.3 Å². The fraction of sp³-hybridized carbons (Fsp3) is 0.385. The van der Waals surface area contributed by atoms with Crippen LogP contribution in [0.4, 0.5) is 0 Å². The molecule has 0 aliphatic rings. The van der Waals surface area contributed by atoms with E-state index in [-0.39, 0.29) is 5.96 Å². The Labute approximate surface area is 112 Å². The Morgan fingerprint density at radius 3 is 2.26 bits per heavy atom. The minimum absolute atomic E-state index is 0.244. The van der Waals surface area contributed by atoms with Gasteiger partial charge in [0, 0.05) is 0 Å². The summed E-state index contributed by atoms with van der Waals surface area (Å²) in [4.78, 5) is 15.7. The van der Waals surface area contributed by atoms with Crippen molar-refractivity contribution in [2.75, 3.05) is 0 Å². The van der Waals surface area contributed by atoms with E-state index in [1.807, 2.05) is 6.07 Å². The monoisotopic (exact) mass is 265 g/mol. The highest BCUT2D eigenvalue weighted by molar-refractivity contribution is 5.82. The van der Waals surface area contributed by atoms with Gasteiger partial charge in [-0.3, -0.25) is 0 Å². The third-order valence-electron chi connectivity index (χ3n) is 1.87.